The molecule has 2 aromatic carbocycles. The monoisotopic (exact) mass is 441 g/mol. The molecule has 1 atom stereocenters. The molecular formula is C20H20B4FN5OS. The highest BCUT2D eigenvalue weighted by molar-refractivity contribution is 7.21. The lowest BCUT2D eigenvalue weighted by molar-refractivity contribution is 0.0641. The fourth-order valence-corrected chi connectivity index (χ4v) is 5.48. The van der Waals surface area contributed by atoms with Crippen molar-refractivity contribution < 1.29 is 9.18 Å². The summed E-state index contributed by atoms with van der Waals surface area (Å²) in [6, 6.07) is 7.75. The minimum Gasteiger partial charge on any atom is -0.327 e. The second-order valence-corrected chi connectivity index (χ2v) is 9.41. The lowest BCUT2D eigenvalue weighted by Gasteiger charge is -2.35. The molecule has 0 saturated carbocycles. The first kappa shape index (κ1) is 21.0. The molecule has 1 aliphatic rings. The van der Waals surface area contributed by atoms with Gasteiger partial charge in [-0.1, -0.05) is 34.0 Å². The van der Waals surface area contributed by atoms with Crippen LogP contribution in [0.15, 0.2) is 24.3 Å². The largest absolute Gasteiger partial charge is 0.327 e. The first-order valence-electron chi connectivity index (χ1n) is 10.7. The van der Waals surface area contributed by atoms with Crippen molar-refractivity contribution >= 4 is 80.7 Å². The van der Waals surface area contributed by atoms with Crippen molar-refractivity contribution in [3.8, 4) is 10.8 Å². The van der Waals surface area contributed by atoms with Crippen LogP contribution in [0.2, 0.25) is 0 Å². The summed E-state index contributed by atoms with van der Waals surface area (Å²) in [6.07, 6.45) is 0. The zero-order chi connectivity index (χ0) is 22.7. The summed E-state index contributed by atoms with van der Waals surface area (Å²) < 4.78 is 17.7. The molecule has 1 aliphatic heterocycles. The lowest BCUT2D eigenvalue weighted by Crippen LogP contribution is -2.52. The van der Waals surface area contributed by atoms with Crippen molar-refractivity contribution in [1.82, 2.24) is 24.6 Å². The number of thiazole rings is 1. The number of fused-ring (bicyclic) bond motifs is 2. The quantitative estimate of drug-likeness (QED) is 0.311. The molecule has 32 heavy (non-hydrogen) atoms. The van der Waals surface area contributed by atoms with Gasteiger partial charge < -0.3 is 9.47 Å². The summed E-state index contributed by atoms with van der Waals surface area (Å²) in [5.74, 6) is 1.16. The van der Waals surface area contributed by atoms with E-state index in [1.54, 1.807) is 27.0 Å². The van der Waals surface area contributed by atoms with Crippen LogP contribution in [0.4, 0.5) is 4.39 Å². The molecule has 5 rings (SSSR count). The van der Waals surface area contributed by atoms with E-state index in [1.165, 1.54) is 0 Å². The van der Waals surface area contributed by atoms with Crippen LogP contribution in [0.25, 0.3) is 21.0 Å². The zero-order valence-electron chi connectivity index (χ0n) is 18.7. The lowest BCUT2D eigenvalue weighted by atomic mass is 9.66. The van der Waals surface area contributed by atoms with E-state index in [-0.39, 0.29) is 17.8 Å². The van der Waals surface area contributed by atoms with Crippen LogP contribution in [0, 0.1) is 5.82 Å². The van der Waals surface area contributed by atoms with Crippen molar-refractivity contribution in [3.05, 3.63) is 41.5 Å². The number of hydrogen-bond acceptors (Lipinski definition) is 5. The summed E-state index contributed by atoms with van der Waals surface area (Å²) in [7, 11) is 7.10. The maximum atomic E-state index is 14.5. The summed E-state index contributed by atoms with van der Waals surface area (Å²) in [4.78, 5) is 20.1. The van der Waals surface area contributed by atoms with Gasteiger partial charge in [-0.2, -0.15) is 0 Å². The highest BCUT2D eigenvalue weighted by Crippen LogP contribution is 2.33. The van der Waals surface area contributed by atoms with Gasteiger partial charge >= 0.3 is 0 Å². The third-order valence-corrected chi connectivity index (χ3v) is 7.71. The Hall–Kier alpha value is -2.87. The van der Waals surface area contributed by atoms with Gasteiger partial charge in [0, 0.05) is 18.7 Å². The molecule has 0 fully saturated rings. The molecule has 1 amide bonds. The fraction of sp³-hybridized carbons (Fsp3) is 0.200. The number of nitrogens with zero attached hydrogens (tertiary/aromatic N) is 5. The van der Waals surface area contributed by atoms with Crippen LogP contribution in [-0.2, 0) is 6.54 Å². The number of amides is 1. The molecule has 0 saturated heterocycles. The van der Waals surface area contributed by atoms with Gasteiger partial charge in [0.1, 0.15) is 37.2 Å². The number of para-hydroxylation sites is 1. The fourth-order valence-electron chi connectivity index (χ4n) is 4.52. The molecule has 156 valence electrons. The van der Waals surface area contributed by atoms with Crippen molar-refractivity contribution in [3.63, 3.8) is 0 Å². The van der Waals surface area contributed by atoms with E-state index in [0.717, 1.165) is 26.9 Å². The van der Waals surface area contributed by atoms with Crippen LogP contribution in [-0.4, -0.2) is 68.5 Å². The Morgan fingerprint density at radius 3 is 2.44 bits per heavy atom. The van der Waals surface area contributed by atoms with Crippen LogP contribution in [0.5, 0.6) is 0 Å². The molecule has 0 spiro atoms. The minimum atomic E-state index is -0.253. The Bertz CT molecular complexity index is 1340. The van der Waals surface area contributed by atoms with E-state index in [9.17, 15) is 9.18 Å². The third-order valence-electron chi connectivity index (χ3n) is 6.68. The SMILES string of the molecule is Bc1c(B)c(C(=O)N2CCn3c(-c4nc5ccccc5s4)nnc3[C@H]2C)c(B)c(B)c1F. The van der Waals surface area contributed by atoms with Crippen LogP contribution in [0.1, 0.15) is 29.1 Å². The van der Waals surface area contributed by atoms with Crippen LogP contribution >= 0.6 is 11.3 Å². The first-order chi connectivity index (χ1) is 15.3. The van der Waals surface area contributed by atoms with E-state index >= 15 is 0 Å². The Labute approximate surface area is 192 Å². The maximum absolute atomic E-state index is 14.5. The third kappa shape index (κ3) is 3.03. The summed E-state index contributed by atoms with van der Waals surface area (Å²) in [6.45, 7) is 3.08. The van der Waals surface area contributed by atoms with E-state index in [2.05, 4.69) is 14.8 Å². The molecule has 0 aliphatic carbocycles. The molecule has 0 N–H and O–H groups in total. The Morgan fingerprint density at radius 1 is 1.06 bits per heavy atom. The average Bonchev–Trinajstić information content (AvgIpc) is 3.41. The number of carbonyl (C=O) groups is 1. The molecule has 4 aromatic rings. The van der Waals surface area contributed by atoms with Crippen molar-refractivity contribution in [2.75, 3.05) is 6.54 Å². The number of carbonyl (C=O) groups excluding carboxylic acids is 1. The molecular weight excluding hydrogens is 421 g/mol. The zero-order valence-corrected chi connectivity index (χ0v) is 19.5. The molecule has 12 heteroatoms. The first-order valence-corrected chi connectivity index (χ1v) is 11.5. The summed E-state index contributed by atoms with van der Waals surface area (Å²) >= 11 is 1.59. The van der Waals surface area contributed by atoms with E-state index < -0.39 is 0 Å². The predicted octanol–water partition coefficient (Wildman–Crippen LogP) is -3.06. The normalized spacial score (nSPS) is 15.8. The summed E-state index contributed by atoms with van der Waals surface area (Å²) in [5, 5.41) is 9.69. The van der Waals surface area contributed by atoms with Gasteiger partial charge in [-0.25, -0.2) is 9.37 Å². The molecule has 0 unspecified atom stereocenters. The van der Waals surface area contributed by atoms with E-state index in [4.69, 9.17) is 4.98 Å². The van der Waals surface area contributed by atoms with Gasteiger partial charge in [0.25, 0.3) is 5.91 Å². The number of halogens is 1. The van der Waals surface area contributed by atoms with Gasteiger partial charge in [0.2, 0.25) is 0 Å². The van der Waals surface area contributed by atoms with Gasteiger partial charge in [0.15, 0.2) is 16.7 Å². The minimum absolute atomic E-state index is 0.0884. The Balaban J connectivity index is 1.52. The molecule has 6 nitrogen and oxygen atoms in total. The van der Waals surface area contributed by atoms with Crippen LogP contribution < -0.4 is 21.9 Å². The van der Waals surface area contributed by atoms with Gasteiger partial charge in [-0.05, 0) is 19.1 Å². The highest BCUT2D eigenvalue weighted by atomic mass is 32.1. The molecule has 2 aromatic heterocycles. The summed E-state index contributed by atoms with van der Waals surface area (Å²) in [5.41, 5.74) is 3.99. The Morgan fingerprint density at radius 2 is 1.75 bits per heavy atom. The highest BCUT2D eigenvalue weighted by Gasteiger charge is 2.34. The second-order valence-electron chi connectivity index (χ2n) is 8.38. The van der Waals surface area contributed by atoms with E-state index in [1.807, 2.05) is 51.8 Å². The van der Waals surface area contributed by atoms with Gasteiger partial charge in [-0.15, -0.1) is 21.5 Å². The number of benzene rings is 2. The predicted molar refractivity (Wildman–Crippen MR) is 137 cm³/mol. The second kappa shape index (κ2) is 7.62. The number of hydrogen-bond donors (Lipinski definition) is 0. The average molecular weight is 441 g/mol. The topological polar surface area (TPSA) is 63.9 Å². The van der Waals surface area contributed by atoms with E-state index in [0.29, 0.717) is 40.5 Å². The van der Waals surface area contributed by atoms with Gasteiger partial charge in [-0.3, -0.25) is 4.79 Å². The number of rotatable bonds is 2. The van der Waals surface area contributed by atoms with Crippen LogP contribution in [0.3, 0.4) is 0 Å². The van der Waals surface area contributed by atoms with Gasteiger partial charge in [0.05, 0.1) is 16.3 Å². The standard InChI is InChI=1S/C20H20B4FN5OS/c1-8-17-27-28-18(19-26-9-4-2-3-5-10(9)32-19)30(17)7-6-29(8)20(31)11-12(21)14(23)16(25)15(24)13(11)22/h2-5,8H,6-7,21-24H2,1H3/t8-/m1/s1. The van der Waals surface area contributed by atoms with Crippen molar-refractivity contribution in [2.45, 2.75) is 19.5 Å². The van der Waals surface area contributed by atoms with Crippen molar-refractivity contribution in [1.29, 1.82) is 0 Å². The molecule has 3 heterocycles. The molecule has 0 bridgehead atoms. The Kier molecular flexibility index (Phi) is 5.00. The smallest absolute Gasteiger partial charge is 0.253 e. The number of aromatic nitrogens is 4. The maximum Gasteiger partial charge on any atom is 0.253 e. The molecule has 0 radical (unpaired) electrons. The van der Waals surface area contributed by atoms with Crippen molar-refractivity contribution in [2.24, 2.45) is 0 Å².